The van der Waals surface area contributed by atoms with Crippen LogP contribution in [0.5, 0.6) is 5.75 Å². The number of ether oxygens (including phenoxy) is 1. The third-order valence-corrected chi connectivity index (χ3v) is 4.18. The molecule has 1 atom stereocenters. The Morgan fingerprint density at radius 2 is 2.07 bits per heavy atom. The van der Waals surface area contributed by atoms with Gasteiger partial charge in [-0.3, -0.25) is 4.79 Å². The second-order valence-corrected chi connectivity index (χ2v) is 5.96. The number of benzene rings is 1. The molecule has 1 amide bonds. The molecular formula is C16H15F3N4O4. The minimum Gasteiger partial charge on any atom is -0.484 e. The van der Waals surface area contributed by atoms with Crippen molar-refractivity contribution in [2.75, 3.05) is 6.61 Å². The van der Waals surface area contributed by atoms with Crippen molar-refractivity contribution >= 4 is 11.9 Å². The highest BCUT2D eigenvalue weighted by molar-refractivity contribution is 5.84. The van der Waals surface area contributed by atoms with Gasteiger partial charge in [0.25, 0.3) is 5.91 Å². The van der Waals surface area contributed by atoms with Crippen LogP contribution < -0.4 is 4.74 Å². The highest BCUT2D eigenvalue weighted by Gasteiger charge is 2.36. The zero-order valence-corrected chi connectivity index (χ0v) is 14.1. The van der Waals surface area contributed by atoms with Gasteiger partial charge in [-0.2, -0.15) is 13.2 Å². The number of carboxylic acid groups (broad SMARTS) is 1. The molecule has 0 radical (unpaired) electrons. The molecule has 2 heterocycles. The number of aromatic nitrogens is 3. The molecule has 0 saturated heterocycles. The van der Waals surface area contributed by atoms with Gasteiger partial charge in [0, 0.05) is 0 Å². The lowest BCUT2D eigenvalue weighted by Crippen LogP contribution is -2.52. The first-order chi connectivity index (χ1) is 12.7. The Morgan fingerprint density at radius 1 is 1.33 bits per heavy atom. The highest BCUT2D eigenvalue weighted by Crippen LogP contribution is 2.31. The predicted octanol–water partition coefficient (Wildman–Crippen LogP) is 1.48. The van der Waals surface area contributed by atoms with Crippen LogP contribution in [0.2, 0.25) is 0 Å². The van der Waals surface area contributed by atoms with E-state index >= 15 is 0 Å². The van der Waals surface area contributed by atoms with Gasteiger partial charge in [0.05, 0.1) is 18.7 Å². The van der Waals surface area contributed by atoms with E-state index in [0.717, 1.165) is 23.1 Å². The van der Waals surface area contributed by atoms with Gasteiger partial charge in [-0.05, 0) is 25.1 Å². The molecule has 1 aromatic heterocycles. The molecule has 0 bridgehead atoms. The van der Waals surface area contributed by atoms with Gasteiger partial charge in [0.2, 0.25) is 0 Å². The molecule has 1 N–H and O–H groups in total. The number of aliphatic carboxylic acids is 1. The molecule has 1 aromatic carbocycles. The smallest absolute Gasteiger partial charge is 0.416 e. The lowest BCUT2D eigenvalue weighted by atomic mass is 10.2. The van der Waals surface area contributed by atoms with E-state index in [1.165, 1.54) is 6.07 Å². The second-order valence-electron chi connectivity index (χ2n) is 5.96. The van der Waals surface area contributed by atoms with E-state index in [2.05, 4.69) is 10.2 Å². The third kappa shape index (κ3) is 3.86. The second kappa shape index (κ2) is 6.89. The number of nitrogens with zero attached hydrogens (tertiary/aromatic N) is 4. The van der Waals surface area contributed by atoms with Crippen LogP contribution in [-0.2, 0) is 28.9 Å². The molecule has 2 aromatic rings. The standard InChI is InChI=1S/C16H15F3N4O4/c1-9-20-21-13-7-23(12(15(25)26)6-22(9)13)14(24)8-27-11-4-2-3-10(5-11)16(17,18)19/h2-5,12H,6-8H2,1H3,(H,25,26). The van der Waals surface area contributed by atoms with E-state index < -0.39 is 36.3 Å². The maximum Gasteiger partial charge on any atom is 0.416 e. The van der Waals surface area contributed by atoms with E-state index in [4.69, 9.17) is 4.74 Å². The van der Waals surface area contributed by atoms with Gasteiger partial charge >= 0.3 is 12.1 Å². The number of halogens is 3. The average Bonchev–Trinajstić information content (AvgIpc) is 2.98. The molecule has 0 fully saturated rings. The molecule has 3 rings (SSSR count). The number of hydrogen-bond acceptors (Lipinski definition) is 5. The molecule has 1 aliphatic heterocycles. The molecule has 1 aliphatic rings. The van der Waals surface area contributed by atoms with Crippen LogP contribution >= 0.6 is 0 Å². The summed E-state index contributed by atoms with van der Waals surface area (Å²) in [7, 11) is 0. The van der Waals surface area contributed by atoms with E-state index in [1.807, 2.05) is 0 Å². The van der Waals surface area contributed by atoms with Gasteiger partial charge in [-0.15, -0.1) is 10.2 Å². The van der Waals surface area contributed by atoms with Crippen molar-refractivity contribution in [2.24, 2.45) is 0 Å². The van der Waals surface area contributed by atoms with Crippen molar-refractivity contribution in [2.45, 2.75) is 32.2 Å². The molecule has 144 valence electrons. The van der Waals surface area contributed by atoms with Gasteiger partial charge in [0.15, 0.2) is 12.4 Å². The van der Waals surface area contributed by atoms with Crippen molar-refractivity contribution in [3.8, 4) is 5.75 Å². The Hall–Kier alpha value is -3.11. The lowest BCUT2D eigenvalue weighted by Gasteiger charge is -2.33. The number of amides is 1. The summed E-state index contributed by atoms with van der Waals surface area (Å²) < 4.78 is 44.9. The van der Waals surface area contributed by atoms with Crippen molar-refractivity contribution in [3.63, 3.8) is 0 Å². The largest absolute Gasteiger partial charge is 0.484 e. The number of rotatable bonds is 4. The van der Waals surface area contributed by atoms with Crippen molar-refractivity contribution in [3.05, 3.63) is 41.5 Å². The van der Waals surface area contributed by atoms with E-state index in [1.54, 1.807) is 11.5 Å². The fraction of sp³-hybridized carbons (Fsp3) is 0.375. The summed E-state index contributed by atoms with van der Waals surface area (Å²) in [5, 5.41) is 17.2. The summed E-state index contributed by atoms with van der Waals surface area (Å²) >= 11 is 0. The Kier molecular flexibility index (Phi) is 4.77. The monoisotopic (exact) mass is 384 g/mol. The Morgan fingerprint density at radius 3 is 2.74 bits per heavy atom. The first-order valence-corrected chi connectivity index (χ1v) is 7.88. The zero-order valence-electron chi connectivity index (χ0n) is 14.1. The summed E-state index contributed by atoms with van der Waals surface area (Å²) in [5.74, 6) is -1.06. The van der Waals surface area contributed by atoms with Crippen LogP contribution in [-0.4, -0.2) is 49.3 Å². The summed E-state index contributed by atoms with van der Waals surface area (Å²) in [6.07, 6.45) is -4.54. The van der Waals surface area contributed by atoms with Gasteiger partial charge in [-0.1, -0.05) is 6.07 Å². The number of carbonyl (C=O) groups is 2. The molecule has 0 spiro atoms. The van der Waals surface area contributed by atoms with Crippen molar-refractivity contribution in [1.29, 1.82) is 0 Å². The molecule has 8 nitrogen and oxygen atoms in total. The van der Waals surface area contributed by atoms with Crippen molar-refractivity contribution < 1.29 is 32.6 Å². The molecule has 11 heteroatoms. The minimum atomic E-state index is -4.54. The molecule has 0 saturated carbocycles. The van der Waals surface area contributed by atoms with Crippen LogP contribution in [0.1, 0.15) is 17.2 Å². The highest BCUT2D eigenvalue weighted by atomic mass is 19.4. The fourth-order valence-electron chi connectivity index (χ4n) is 2.78. The molecular weight excluding hydrogens is 369 g/mol. The van der Waals surface area contributed by atoms with Crippen LogP contribution in [0, 0.1) is 6.92 Å². The third-order valence-electron chi connectivity index (χ3n) is 4.18. The number of carboxylic acids is 1. The summed E-state index contributed by atoms with van der Waals surface area (Å²) in [6, 6.07) is 2.96. The summed E-state index contributed by atoms with van der Waals surface area (Å²) in [6.45, 7) is 0.975. The number of hydrogen-bond donors (Lipinski definition) is 1. The topological polar surface area (TPSA) is 97.5 Å². The summed E-state index contributed by atoms with van der Waals surface area (Å²) in [5.41, 5.74) is -0.905. The van der Waals surface area contributed by atoms with Crippen LogP contribution in [0.15, 0.2) is 24.3 Å². The van der Waals surface area contributed by atoms with Crippen LogP contribution in [0.4, 0.5) is 13.2 Å². The first-order valence-electron chi connectivity index (χ1n) is 7.88. The van der Waals surface area contributed by atoms with Crippen LogP contribution in [0.25, 0.3) is 0 Å². The number of carbonyl (C=O) groups excluding carboxylic acids is 1. The number of aryl methyl sites for hydroxylation is 1. The minimum absolute atomic E-state index is 0.0151. The number of alkyl halides is 3. The average molecular weight is 384 g/mol. The quantitative estimate of drug-likeness (QED) is 0.858. The first kappa shape index (κ1) is 18.7. The maximum atomic E-state index is 12.7. The van der Waals surface area contributed by atoms with E-state index in [-0.39, 0.29) is 18.8 Å². The fourth-order valence-corrected chi connectivity index (χ4v) is 2.78. The van der Waals surface area contributed by atoms with Gasteiger partial charge in [0.1, 0.15) is 17.6 Å². The maximum absolute atomic E-state index is 12.7. The zero-order chi connectivity index (χ0) is 19.8. The van der Waals surface area contributed by atoms with E-state index in [9.17, 15) is 27.9 Å². The number of fused-ring (bicyclic) bond motifs is 1. The Balaban J connectivity index is 1.73. The molecule has 1 unspecified atom stereocenters. The lowest BCUT2D eigenvalue weighted by molar-refractivity contribution is -0.153. The molecule has 27 heavy (non-hydrogen) atoms. The Labute approximate surface area is 151 Å². The van der Waals surface area contributed by atoms with Crippen molar-refractivity contribution in [1.82, 2.24) is 19.7 Å². The van der Waals surface area contributed by atoms with Gasteiger partial charge in [-0.25, -0.2) is 4.79 Å². The summed E-state index contributed by atoms with van der Waals surface area (Å²) in [4.78, 5) is 25.0. The molecule has 0 aliphatic carbocycles. The van der Waals surface area contributed by atoms with Crippen LogP contribution in [0.3, 0.4) is 0 Å². The SMILES string of the molecule is Cc1nnc2n1CC(C(=O)O)N(C(=O)COc1cccc(C(F)(F)F)c1)C2. The van der Waals surface area contributed by atoms with E-state index in [0.29, 0.717) is 11.6 Å². The van der Waals surface area contributed by atoms with Gasteiger partial charge < -0.3 is 19.3 Å². The predicted molar refractivity (Wildman–Crippen MR) is 83.7 cm³/mol. The normalized spacial score (nSPS) is 16.7. The Bertz CT molecular complexity index is 881.